The summed E-state index contributed by atoms with van der Waals surface area (Å²) in [6, 6.07) is 15.4. The molecule has 0 aromatic heterocycles. The van der Waals surface area contributed by atoms with E-state index < -0.39 is 22.0 Å². The van der Waals surface area contributed by atoms with Crippen molar-refractivity contribution >= 4 is 21.8 Å². The van der Waals surface area contributed by atoms with Gasteiger partial charge < -0.3 is 10.2 Å². The zero-order valence-corrected chi connectivity index (χ0v) is 20.1. The molecule has 0 saturated heterocycles. The maximum absolute atomic E-state index is 13.2. The van der Waals surface area contributed by atoms with E-state index in [1.807, 2.05) is 44.2 Å². The van der Waals surface area contributed by atoms with Crippen LogP contribution in [0.1, 0.15) is 31.4 Å². The summed E-state index contributed by atoms with van der Waals surface area (Å²) in [6.07, 6.45) is 1.35. The highest BCUT2D eigenvalue weighted by Crippen LogP contribution is 2.16. The quantitative estimate of drug-likeness (QED) is 0.560. The number of aryl methyl sites for hydroxylation is 1. The van der Waals surface area contributed by atoms with Gasteiger partial charge in [0.05, 0.1) is 11.4 Å². The molecule has 0 radical (unpaired) electrons. The second-order valence-electron chi connectivity index (χ2n) is 7.86. The van der Waals surface area contributed by atoms with Gasteiger partial charge in [-0.25, -0.2) is 8.42 Å². The Hall–Kier alpha value is -2.71. The van der Waals surface area contributed by atoms with E-state index in [9.17, 15) is 18.0 Å². The van der Waals surface area contributed by atoms with E-state index in [-0.39, 0.29) is 17.3 Å². The van der Waals surface area contributed by atoms with Gasteiger partial charge in [-0.3, -0.25) is 9.59 Å². The predicted molar refractivity (Wildman–Crippen MR) is 126 cm³/mol. The Morgan fingerprint density at radius 1 is 1.03 bits per heavy atom. The van der Waals surface area contributed by atoms with E-state index in [0.717, 1.165) is 21.9 Å². The molecule has 174 valence electrons. The zero-order chi connectivity index (χ0) is 23.7. The number of hydrogen-bond donors (Lipinski definition) is 1. The van der Waals surface area contributed by atoms with Crippen LogP contribution in [0.25, 0.3) is 0 Å². The van der Waals surface area contributed by atoms with Crippen molar-refractivity contribution in [2.45, 2.75) is 44.6 Å². The van der Waals surface area contributed by atoms with Crippen molar-refractivity contribution in [3.8, 4) is 0 Å². The number of amides is 2. The van der Waals surface area contributed by atoms with E-state index in [4.69, 9.17) is 0 Å². The highest BCUT2D eigenvalue weighted by atomic mass is 32.2. The Balaban J connectivity index is 2.17. The van der Waals surface area contributed by atoms with Gasteiger partial charge in [0.15, 0.2) is 0 Å². The smallest absolute Gasteiger partial charge is 0.243 e. The van der Waals surface area contributed by atoms with E-state index in [0.29, 0.717) is 19.5 Å². The van der Waals surface area contributed by atoms with Crippen molar-refractivity contribution in [2.24, 2.45) is 0 Å². The van der Waals surface area contributed by atoms with Crippen LogP contribution in [0.15, 0.2) is 59.5 Å². The number of benzene rings is 2. The molecule has 1 unspecified atom stereocenters. The van der Waals surface area contributed by atoms with Gasteiger partial charge in [-0.15, -0.1) is 0 Å². The number of nitrogens with one attached hydrogen (secondary N) is 1. The molecule has 0 saturated carbocycles. The van der Waals surface area contributed by atoms with Crippen LogP contribution in [0.3, 0.4) is 0 Å². The summed E-state index contributed by atoms with van der Waals surface area (Å²) in [5.41, 5.74) is 1.98. The molecule has 0 fully saturated rings. The van der Waals surface area contributed by atoms with Gasteiger partial charge in [0.1, 0.15) is 6.04 Å². The lowest BCUT2D eigenvalue weighted by atomic mass is 10.1. The van der Waals surface area contributed by atoms with Crippen molar-refractivity contribution in [3.63, 3.8) is 0 Å². The van der Waals surface area contributed by atoms with Gasteiger partial charge in [0.2, 0.25) is 21.8 Å². The van der Waals surface area contributed by atoms with Gasteiger partial charge in [0.25, 0.3) is 0 Å². The van der Waals surface area contributed by atoms with Crippen molar-refractivity contribution in [1.29, 1.82) is 0 Å². The molecule has 8 heteroatoms. The molecule has 1 N–H and O–H groups in total. The molecular weight excluding hydrogens is 426 g/mol. The normalized spacial score (nSPS) is 12.4. The Kier molecular flexibility index (Phi) is 9.41. The Bertz CT molecular complexity index is 992. The Morgan fingerprint density at radius 2 is 1.66 bits per heavy atom. The molecular formula is C24H33N3O4S. The van der Waals surface area contributed by atoms with Gasteiger partial charge in [-0.1, -0.05) is 55.0 Å². The molecule has 2 aromatic carbocycles. The summed E-state index contributed by atoms with van der Waals surface area (Å²) in [6.45, 7) is 5.97. The lowest BCUT2D eigenvalue weighted by molar-refractivity contribution is -0.139. The SMILES string of the molecule is CCCNC(=O)C(C)N(CCc1ccccc1)C(=O)CN(C)S(=O)(=O)c1ccc(C)cc1. The molecule has 0 aliphatic rings. The molecule has 0 bridgehead atoms. The number of rotatable bonds is 11. The first-order valence-corrected chi connectivity index (χ1v) is 12.2. The van der Waals surface area contributed by atoms with E-state index in [1.165, 1.54) is 24.1 Å². The lowest BCUT2D eigenvalue weighted by Crippen LogP contribution is -2.51. The lowest BCUT2D eigenvalue weighted by Gasteiger charge is -2.30. The molecule has 32 heavy (non-hydrogen) atoms. The first-order valence-electron chi connectivity index (χ1n) is 10.8. The summed E-state index contributed by atoms with van der Waals surface area (Å²) in [7, 11) is -2.45. The van der Waals surface area contributed by atoms with E-state index in [1.54, 1.807) is 19.1 Å². The second-order valence-corrected chi connectivity index (χ2v) is 9.91. The van der Waals surface area contributed by atoms with Crippen LogP contribution in [0.2, 0.25) is 0 Å². The number of nitrogens with zero attached hydrogens (tertiary/aromatic N) is 2. The fraction of sp³-hybridized carbons (Fsp3) is 0.417. The van der Waals surface area contributed by atoms with Crippen molar-refractivity contribution in [3.05, 3.63) is 65.7 Å². The molecule has 0 heterocycles. The van der Waals surface area contributed by atoms with E-state index >= 15 is 0 Å². The Labute approximate surface area is 191 Å². The molecule has 0 spiro atoms. The minimum absolute atomic E-state index is 0.128. The summed E-state index contributed by atoms with van der Waals surface area (Å²) in [5.74, 6) is -0.671. The molecule has 2 amide bonds. The Morgan fingerprint density at radius 3 is 2.25 bits per heavy atom. The topological polar surface area (TPSA) is 86.8 Å². The van der Waals surface area contributed by atoms with Gasteiger partial charge in [-0.2, -0.15) is 4.31 Å². The highest BCUT2D eigenvalue weighted by Gasteiger charge is 2.29. The summed E-state index contributed by atoms with van der Waals surface area (Å²) in [4.78, 5) is 27.3. The van der Waals surface area contributed by atoms with Crippen LogP contribution in [-0.2, 0) is 26.0 Å². The highest BCUT2D eigenvalue weighted by molar-refractivity contribution is 7.89. The minimum atomic E-state index is -3.83. The standard InChI is InChI=1S/C24H33N3O4S/c1-5-16-25-24(29)20(3)27(17-15-21-9-7-6-8-10-21)23(28)18-26(4)32(30,31)22-13-11-19(2)12-14-22/h6-14,20H,5,15-18H2,1-4H3,(H,25,29). The maximum atomic E-state index is 13.2. The van der Waals surface area contributed by atoms with Crippen molar-refractivity contribution in [1.82, 2.24) is 14.5 Å². The third-order valence-electron chi connectivity index (χ3n) is 5.29. The van der Waals surface area contributed by atoms with Crippen molar-refractivity contribution in [2.75, 3.05) is 26.7 Å². The van der Waals surface area contributed by atoms with Crippen LogP contribution in [0.5, 0.6) is 0 Å². The maximum Gasteiger partial charge on any atom is 0.243 e. The molecule has 1 atom stereocenters. The fourth-order valence-corrected chi connectivity index (χ4v) is 4.34. The molecule has 7 nitrogen and oxygen atoms in total. The first-order chi connectivity index (χ1) is 15.2. The van der Waals surface area contributed by atoms with Gasteiger partial charge in [0, 0.05) is 20.1 Å². The summed E-state index contributed by atoms with van der Waals surface area (Å²) < 4.78 is 26.8. The number of sulfonamides is 1. The van der Waals surface area contributed by atoms with E-state index in [2.05, 4.69) is 5.32 Å². The summed E-state index contributed by atoms with van der Waals surface area (Å²) >= 11 is 0. The van der Waals surface area contributed by atoms with Crippen LogP contribution in [0.4, 0.5) is 0 Å². The first kappa shape index (κ1) is 25.5. The van der Waals surface area contributed by atoms with Gasteiger partial charge in [-0.05, 0) is 44.4 Å². The molecule has 2 rings (SSSR count). The number of likely N-dealkylation sites (N-methyl/N-ethyl adjacent to an activating group) is 1. The van der Waals surface area contributed by atoms with Crippen molar-refractivity contribution < 1.29 is 18.0 Å². The third-order valence-corrected chi connectivity index (χ3v) is 7.11. The van der Waals surface area contributed by atoms with Gasteiger partial charge >= 0.3 is 0 Å². The largest absolute Gasteiger partial charge is 0.354 e. The average molecular weight is 460 g/mol. The van der Waals surface area contributed by atoms with Crippen LogP contribution in [-0.4, -0.2) is 62.2 Å². The van der Waals surface area contributed by atoms with Crippen LogP contribution < -0.4 is 5.32 Å². The molecule has 0 aliphatic carbocycles. The second kappa shape index (κ2) is 11.8. The van der Waals surface area contributed by atoms with Crippen LogP contribution in [0, 0.1) is 6.92 Å². The third kappa shape index (κ3) is 6.90. The predicted octanol–water partition coefficient (Wildman–Crippen LogP) is 2.60. The monoisotopic (exact) mass is 459 g/mol. The molecule has 0 aliphatic heterocycles. The number of carbonyl (C=O) groups excluding carboxylic acids is 2. The number of carbonyl (C=O) groups is 2. The van der Waals surface area contributed by atoms with Crippen LogP contribution >= 0.6 is 0 Å². The fourth-order valence-electron chi connectivity index (χ4n) is 3.22. The minimum Gasteiger partial charge on any atom is -0.354 e. The average Bonchev–Trinajstić information content (AvgIpc) is 2.78. The molecule has 2 aromatic rings. The number of hydrogen-bond acceptors (Lipinski definition) is 4. The zero-order valence-electron chi connectivity index (χ0n) is 19.2. The summed E-state index contributed by atoms with van der Waals surface area (Å²) in [5, 5.41) is 2.82.